The highest BCUT2D eigenvalue weighted by atomic mass is 35.5. The Bertz CT molecular complexity index is 1480. The lowest BCUT2D eigenvalue weighted by Gasteiger charge is -2.26. The highest BCUT2D eigenvalue weighted by Gasteiger charge is 2.49. The second-order valence-corrected chi connectivity index (χ2v) is 7.99. The molecule has 0 saturated heterocycles. The first-order valence-electron chi connectivity index (χ1n) is 10.7. The molecule has 4 aromatic rings. The zero-order valence-electron chi connectivity index (χ0n) is 18.6. The van der Waals surface area contributed by atoms with Crippen molar-refractivity contribution >= 4 is 40.3 Å². The molecule has 2 aliphatic rings. The van der Waals surface area contributed by atoms with Gasteiger partial charge in [-0.05, 0) is 47.3 Å². The Balaban J connectivity index is 0.00000253. The van der Waals surface area contributed by atoms with Gasteiger partial charge in [-0.1, -0.05) is 30.3 Å². The van der Waals surface area contributed by atoms with Crippen molar-refractivity contribution in [1.82, 2.24) is 4.98 Å². The molecule has 3 heterocycles. The van der Waals surface area contributed by atoms with Gasteiger partial charge in [-0.3, -0.25) is 4.98 Å². The summed E-state index contributed by atoms with van der Waals surface area (Å²) in [4.78, 5) is 17.7. The molecule has 0 radical (unpaired) electrons. The van der Waals surface area contributed by atoms with Crippen molar-refractivity contribution in [3.8, 4) is 17.2 Å². The molecule has 1 unspecified atom stereocenters. The number of aromatic nitrogens is 1. The number of esters is 1. The van der Waals surface area contributed by atoms with Crippen LogP contribution >= 0.6 is 12.4 Å². The minimum atomic E-state index is -2.04. The van der Waals surface area contributed by atoms with E-state index in [1.54, 1.807) is 62.0 Å². The average molecular weight is 490 g/mol. The van der Waals surface area contributed by atoms with Crippen LogP contribution in [0.4, 0.5) is 0 Å². The van der Waals surface area contributed by atoms with Gasteiger partial charge in [0.05, 0.1) is 18.3 Å². The van der Waals surface area contributed by atoms with E-state index >= 15 is 0 Å². The molecule has 3 aromatic carbocycles. The van der Waals surface area contributed by atoms with Gasteiger partial charge in [0.2, 0.25) is 6.79 Å². The number of nitrogens with zero attached hydrogens (tertiary/aromatic N) is 1. The Labute approximate surface area is 206 Å². The minimum Gasteiger partial charge on any atom is -0.497 e. The van der Waals surface area contributed by atoms with Crippen LogP contribution in [0.5, 0.6) is 17.2 Å². The summed E-state index contributed by atoms with van der Waals surface area (Å²) in [6.45, 7) is 0.109. The van der Waals surface area contributed by atoms with Crippen molar-refractivity contribution in [2.45, 2.75) is 5.79 Å². The van der Waals surface area contributed by atoms with Crippen molar-refractivity contribution in [1.29, 1.82) is 0 Å². The summed E-state index contributed by atoms with van der Waals surface area (Å²) in [6, 6.07) is 19.6. The summed E-state index contributed by atoms with van der Waals surface area (Å²) in [6.07, 6.45) is 3.38. The second kappa shape index (κ2) is 8.61. The van der Waals surface area contributed by atoms with Crippen molar-refractivity contribution in [2.24, 2.45) is 0 Å². The number of benzene rings is 3. The van der Waals surface area contributed by atoms with Crippen LogP contribution < -0.4 is 14.2 Å². The highest BCUT2D eigenvalue weighted by Crippen LogP contribution is 2.50. The van der Waals surface area contributed by atoms with Gasteiger partial charge in [0.25, 0.3) is 5.79 Å². The van der Waals surface area contributed by atoms with Gasteiger partial charge >= 0.3 is 5.97 Å². The monoisotopic (exact) mass is 489 g/mol. The highest BCUT2D eigenvalue weighted by molar-refractivity contribution is 6.29. The quantitative estimate of drug-likeness (QED) is 0.415. The van der Waals surface area contributed by atoms with Crippen LogP contribution in [0.2, 0.25) is 0 Å². The summed E-state index contributed by atoms with van der Waals surface area (Å²) >= 11 is 0. The number of carbonyl (C=O) groups excluding carboxylic acids is 1. The van der Waals surface area contributed by atoms with E-state index in [2.05, 4.69) is 4.98 Å². The number of ether oxygens (including phenoxy) is 4. The van der Waals surface area contributed by atoms with E-state index in [0.717, 1.165) is 10.8 Å². The zero-order chi connectivity index (χ0) is 23.3. The van der Waals surface area contributed by atoms with Crippen LogP contribution in [-0.4, -0.2) is 30.0 Å². The van der Waals surface area contributed by atoms with Crippen LogP contribution in [-0.2, 0) is 15.3 Å². The van der Waals surface area contributed by atoms with Crippen LogP contribution in [0.1, 0.15) is 16.7 Å². The maximum Gasteiger partial charge on any atom is 0.342 e. The summed E-state index contributed by atoms with van der Waals surface area (Å²) in [5.41, 5.74) is 2.07. The van der Waals surface area contributed by atoms with Crippen molar-refractivity contribution in [2.75, 3.05) is 13.9 Å². The van der Waals surface area contributed by atoms with E-state index in [4.69, 9.17) is 18.9 Å². The van der Waals surface area contributed by atoms with Gasteiger partial charge in [0.1, 0.15) is 5.75 Å². The molecule has 35 heavy (non-hydrogen) atoms. The normalized spacial score (nSPS) is 18.4. The molecule has 0 saturated carbocycles. The Hall–Kier alpha value is -4.07. The number of hydrogen-bond donors (Lipinski definition) is 1. The maximum atomic E-state index is 13.3. The number of cyclic esters (lactones) is 1. The molecule has 7 nitrogen and oxygen atoms in total. The fourth-order valence-corrected chi connectivity index (χ4v) is 4.48. The number of halogens is 1. The molecule has 1 atom stereocenters. The number of aliphatic hydroxyl groups is 1. The van der Waals surface area contributed by atoms with E-state index in [9.17, 15) is 9.90 Å². The third-order valence-electron chi connectivity index (χ3n) is 6.11. The number of rotatable bonds is 4. The van der Waals surface area contributed by atoms with Crippen molar-refractivity contribution < 1.29 is 28.8 Å². The SMILES string of the molecule is COc1ccc(C2(O)OC(=O)C(c3ccc4c(c3)OCO4)=C2c2cncc3ccccc23)cc1.Cl. The molecule has 0 spiro atoms. The van der Waals surface area contributed by atoms with E-state index in [1.807, 2.05) is 24.3 Å². The number of carbonyl (C=O) groups is 1. The molecule has 0 fully saturated rings. The molecular formula is C27H20ClNO6. The molecule has 0 aliphatic carbocycles. The fraction of sp³-hybridized carbons (Fsp3) is 0.111. The molecule has 2 aliphatic heterocycles. The topological polar surface area (TPSA) is 87.1 Å². The van der Waals surface area contributed by atoms with E-state index < -0.39 is 11.8 Å². The summed E-state index contributed by atoms with van der Waals surface area (Å²) in [5.74, 6) is -0.964. The van der Waals surface area contributed by atoms with Gasteiger partial charge in [-0.2, -0.15) is 0 Å². The molecule has 8 heteroatoms. The Morgan fingerprint density at radius 2 is 1.74 bits per heavy atom. The maximum absolute atomic E-state index is 13.3. The second-order valence-electron chi connectivity index (χ2n) is 7.99. The lowest BCUT2D eigenvalue weighted by molar-refractivity contribution is -0.177. The molecular weight excluding hydrogens is 470 g/mol. The fourth-order valence-electron chi connectivity index (χ4n) is 4.48. The third kappa shape index (κ3) is 3.56. The zero-order valence-corrected chi connectivity index (χ0v) is 19.4. The van der Waals surface area contributed by atoms with E-state index in [1.165, 1.54) is 0 Å². The van der Waals surface area contributed by atoms with Gasteiger partial charge in [-0.15, -0.1) is 12.4 Å². The lowest BCUT2D eigenvalue weighted by atomic mass is 9.86. The van der Waals surface area contributed by atoms with Crippen LogP contribution in [0.25, 0.3) is 21.9 Å². The molecule has 0 bridgehead atoms. The summed E-state index contributed by atoms with van der Waals surface area (Å²) in [7, 11) is 1.56. The molecule has 1 N–H and O–H groups in total. The number of fused-ring (bicyclic) bond motifs is 2. The molecule has 0 amide bonds. The van der Waals surface area contributed by atoms with Crippen molar-refractivity contribution in [3.63, 3.8) is 0 Å². The first-order valence-corrected chi connectivity index (χ1v) is 10.7. The number of hydrogen-bond acceptors (Lipinski definition) is 7. The van der Waals surface area contributed by atoms with Gasteiger partial charge < -0.3 is 24.1 Å². The van der Waals surface area contributed by atoms with Crippen LogP contribution in [0.3, 0.4) is 0 Å². The van der Waals surface area contributed by atoms with Crippen LogP contribution in [0, 0.1) is 0 Å². The van der Waals surface area contributed by atoms with Gasteiger partial charge in [0, 0.05) is 28.9 Å². The van der Waals surface area contributed by atoms with E-state index in [-0.39, 0.29) is 24.8 Å². The van der Waals surface area contributed by atoms with Gasteiger partial charge in [-0.25, -0.2) is 4.79 Å². The number of pyridine rings is 1. The van der Waals surface area contributed by atoms with Gasteiger partial charge in [0.15, 0.2) is 11.5 Å². The molecule has 6 rings (SSSR count). The lowest BCUT2D eigenvalue weighted by Crippen LogP contribution is -2.28. The molecule has 1 aromatic heterocycles. The van der Waals surface area contributed by atoms with Crippen molar-refractivity contribution in [3.05, 3.63) is 95.8 Å². The van der Waals surface area contributed by atoms with E-state index in [0.29, 0.717) is 39.5 Å². The average Bonchev–Trinajstić information content (AvgIpc) is 3.45. The largest absolute Gasteiger partial charge is 0.497 e. The summed E-state index contributed by atoms with van der Waals surface area (Å²) in [5, 5.41) is 13.7. The predicted octanol–water partition coefficient (Wildman–Crippen LogP) is 4.71. The minimum absolute atomic E-state index is 0. The molecule has 176 valence electrons. The Morgan fingerprint density at radius 1 is 0.971 bits per heavy atom. The third-order valence-corrected chi connectivity index (χ3v) is 6.11. The first-order chi connectivity index (χ1) is 16.6. The Morgan fingerprint density at radius 3 is 2.54 bits per heavy atom. The predicted molar refractivity (Wildman–Crippen MR) is 131 cm³/mol. The Kier molecular flexibility index (Phi) is 5.59. The standard InChI is InChI=1S/C27H19NO6.ClH/c1-31-19-9-7-18(8-10-19)27(30)25(21-14-28-13-17-4-2-3-5-20(17)21)24(26(29)34-27)16-6-11-22-23(12-16)33-15-32-22;/h2-14,30H,15H2,1H3;1H. The smallest absolute Gasteiger partial charge is 0.342 e. The number of methoxy groups -OCH3 is 1. The van der Waals surface area contributed by atoms with Crippen LogP contribution in [0.15, 0.2) is 79.1 Å². The summed E-state index contributed by atoms with van der Waals surface area (Å²) < 4.78 is 21.9. The first kappa shape index (κ1) is 22.7.